The van der Waals surface area contributed by atoms with Crippen LogP contribution in [0, 0.1) is 0 Å². The molecule has 104 valence electrons. The van der Waals surface area contributed by atoms with Gasteiger partial charge in [0.2, 0.25) is 0 Å². The first-order chi connectivity index (χ1) is 9.86. The van der Waals surface area contributed by atoms with Gasteiger partial charge in [0.15, 0.2) is 0 Å². The van der Waals surface area contributed by atoms with Crippen molar-refractivity contribution in [1.82, 2.24) is 5.32 Å². The van der Waals surface area contributed by atoms with Crippen molar-refractivity contribution in [2.45, 2.75) is 31.3 Å². The van der Waals surface area contributed by atoms with E-state index in [-0.39, 0.29) is 0 Å². The molecule has 2 aromatic carbocycles. The Kier molecular flexibility index (Phi) is 4.03. The molecule has 2 nitrogen and oxygen atoms in total. The number of nitrogens with one attached hydrogen (secondary N) is 1. The summed E-state index contributed by atoms with van der Waals surface area (Å²) in [6.07, 6.45) is 2.47. The number of rotatable bonds is 5. The van der Waals surface area contributed by atoms with Crippen LogP contribution in [-0.4, -0.2) is 13.2 Å². The normalized spacial score (nSPS) is 21.2. The Hall–Kier alpha value is -1.80. The van der Waals surface area contributed by atoms with Crippen LogP contribution >= 0.6 is 0 Å². The fourth-order valence-corrected chi connectivity index (χ4v) is 2.89. The topological polar surface area (TPSA) is 21.3 Å². The van der Waals surface area contributed by atoms with Gasteiger partial charge < -0.3 is 10.1 Å². The Balaban J connectivity index is 1.50. The second-order valence-electron chi connectivity index (χ2n) is 5.47. The van der Waals surface area contributed by atoms with Crippen molar-refractivity contribution in [1.29, 1.82) is 0 Å². The smallest absolute Gasteiger partial charge is 0.123 e. The van der Waals surface area contributed by atoms with E-state index in [1.54, 1.807) is 7.11 Å². The Morgan fingerprint density at radius 3 is 2.45 bits per heavy atom. The molecule has 0 atom stereocenters. The molecule has 20 heavy (non-hydrogen) atoms. The highest BCUT2D eigenvalue weighted by atomic mass is 16.5. The summed E-state index contributed by atoms with van der Waals surface area (Å²) < 4.78 is 5.38. The first-order valence-electron chi connectivity index (χ1n) is 7.27. The third-order valence-corrected chi connectivity index (χ3v) is 4.18. The van der Waals surface area contributed by atoms with Crippen LogP contribution in [-0.2, 0) is 6.54 Å². The van der Waals surface area contributed by atoms with Crippen LogP contribution in [0.3, 0.4) is 0 Å². The van der Waals surface area contributed by atoms with Gasteiger partial charge in [0.05, 0.1) is 7.11 Å². The first-order valence-corrected chi connectivity index (χ1v) is 7.27. The fourth-order valence-electron chi connectivity index (χ4n) is 2.89. The lowest BCUT2D eigenvalue weighted by Gasteiger charge is -2.36. The van der Waals surface area contributed by atoms with Crippen LogP contribution in [0.2, 0.25) is 0 Å². The molecule has 1 saturated carbocycles. The van der Waals surface area contributed by atoms with E-state index in [0.29, 0.717) is 6.04 Å². The molecule has 0 aliphatic heterocycles. The minimum Gasteiger partial charge on any atom is -0.496 e. The molecule has 1 aliphatic rings. The molecule has 3 rings (SSSR count). The Morgan fingerprint density at radius 2 is 1.70 bits per heavy atom. The predicted octanol–water partition coefficient (Wildman–Crippen LogP) is 3.73. The molecule has 0 bridgehead atoms. The summed E-state index contributed by atoms with van der Waals surface area (Å²) in [6.45, 7) is 0.885. The highest BCUT2D eigenvalue weighted by Gasteiger charge is 2.29. The second-order valence-corrected chi connectivity index (χ2v) is 5.47. The maximum Gasteiger partial charge on any atom is 0.123 e. The van der Waals surface area contributed by atoms with Gasteiger partial charge in [-0.2, -0.15) is 0 Å². The van der Waals surface area contributed by atoms with E-state index >= 15 is 0 Å². The average molecular weight is 267 g/mol. The monoisotopic (exact) mass is 267 g/mol. The Labute approximate surface area is 120 Å². The minimum absolute atomic E-state index is 0.630. The van der Waals surface area contributed by atoms with Gasteiger partial charge in [0.25, 0.3) is 0 Å². The molecular formula is C18H21NO. The number of ether oxygens (including phenoxy) is 1. The summed E-state index contributed by atoms with van der Waals surface area (Å²) in [5.41, 5.74) is 2.71. The molecule has 1 aliphatic carbocycles. The molecule has 1 N–H and O–H groups in total. The van der Waals surface area contributed by atoms with E-state index in [1.807, 2.05) is 12.1 Å². The van der Waals surface area contributed by atoms with Crippen molar-refractivity contribution in [2.24, 2.45) is 0 Å². The summed E-state index contributed by atoms with van der Waals surface area (Å²) in [7, 11) is 1.73. The molecule has 2 heteroatoms. The molecule has 1 fully saturated rings. The zero-order valence-corrected chi connectivity index (χ0v) is 11.9. The zero-order chi connectivity index (χ0) is 13.8. The quantitative estimate of drug-likeness (QED) is 0.891. The third kappa shape index (κ3) is 2.86. The standard InChI is InChI=1S/C18H21NO/c1-20-18-10-6-5-9-15(18)13-19-17-11-16(12-17)14-7-3-2-4-8-14/h2-10,16-17,19H,11-13H2,1H3. The summed E-state index contributed by atoms with van der Waals surface area (Å²) in [6, 6.07) is 19.7. The van der Waals surface area contributed by atoms with Crippen molar-refractivity contribution >= 4 is 0 Å². The third-order valence-electron chi connectivity index (χ3n) is 4.18. The maximum absolute atomic E-state index is 5.38. The number of methoxy groups -OCH3 is 1. The van der Waals surface area contributed by atoms with E-state index in [9.17, 15) is 0 Å². The van der Waals surface area contributed by atoms with Gasteiger partial charge in [-0.25, -0.2) is 0 Å². The zero-order valence-electron chi connectivity index (χ0n) is 11.9. The molecule has 0 spiro atoms. The van der Waals surface area contributed by atoms with Gasteiger partial charge in [-0.05, 0) is 30.4 Å². The lowest BCUT2D eigenvalue weighted by molar-refractivity contribution is 0.288. The van der Waals surface area contributed by atoms with Gasteiger partial charge in [-0.15, -0.1) is 0 Å². The number of hydrogen-bond donors (Lipinski definition) is 1. The van der Waals surface area contributed by atoms with Crippen LogP contribution in [0.15, 0.2) is 54.6 Å². The molecule has 0 heterocycles. The molecular weight excluding hydrogens is 246 g/mol. The largest absolute Gasteiger partial charge is 0.496 e. The fraction of sp³-hybridized carbons (Fsp3) is 0.333. The van der Waals surface area contributed by atoms with Crippen molar-refractivity contribution in [2.75, 3.05) is 7.11 Å². The lowest BCUT2D eigenvalue weighted by atomic mass is 9.76. The molecule has 0 radical (unpaired) electrons. The van der Waals surface area contributed by atoms with Crippen LogP contribution < -0.4 is 10.1 Å². The van der Waals surface area contributed by atoms with E-state index in [4.69, 9.17) is 4.74 Å². The summed E-state index contributed by atoms with van der Waals surface area (Å²) in [4.78, 5) is 0. The van der Waals surface area contributed by atoms with E-state index in [0.717, 1.165) is 18.2 Å². The van der Waals surface area contributed by atoms with E-state index < -0.39 is 0 Å². The highest BCUT2D eigenvalue weighted by molar-refractivity contribution is 5.33. The predicted molar refractivity (Wildman–Crippen MR) is 82.0 cm³/mol. The second kappa shape index (κ2) is 6.10. The highest BCUT2D eigenvalue weighted by Crippen LogP contribution is 2.36. The van der Waals surface area contributed by atoms with Crippen molar-refractivity contribution in [3.63, 3.8) is 0 Å². The molecule has 0 saturated heterocycles. The lowest BCUT2D eigenvalue weighted by Crippen LogP contribution is -2.39. The molecule has 2 aromatic rings. The Bertz CT molecular complexity index is 546. The molecule has 0 aromatic heterocycles. The summed E-state index contributed by atoms with van der Waals surface area (Å²) >= 11 is 0. The van der Waals surface area contributed by atoms with E-state index in [2.05, 4.69) is 47.8 Å². The number of benzene rings is 2. The van der Waals surface area contributed by atoms with Crippen LogP contribution in [0.5, 0.6) is 5.75 Å². The van der Waals surface area contributed by atoms with Crippen molar-refractivity contribution in [3.05, 3.63) is 65.7 Å². The van der Waals surface area contributed by atoms with Crippen LogP contribution in [0.4, 0.5) is 0 Å². The first kappa shape index (κ1) is 13.2. The van der Waals surface area contributed by atoms with Crippen molar-refractivity contribution < 1.29 is 4.74 Å². The number of para-hydroxylation sites is 1. The summed E-state index contributed by atoms with van der Waals surface area (Å²) in [5, 5.41) is 3.63. The van der Waals surface area contributed by atoms with Gasteiger partial charge in [0, 0.05) is 18.2 Å². The summed E-state index contributed by atoms with van der Waals surface area (Å²) in [5.74, 6) is 1.70. The van der Waals surface area contributed by atoms with Crippen LogP contribution in [0.25, 0.3) is 0 Å². The maximum atomic E-state index is 5.38. The SMILES string of the molecule is COc1ccccc1CNC1CC(c2ccccc2)C1. The van der Waals surface area contributed by atoms with Crippen LogP contribution in [0.1, 0.15) is 29.9 Å². The minimum atomic E-state index is 0.630. The van der Waals surface area contributed by atoms with E-state index in [1.165, 1.54) is 24.0 Å². The Morgan fingerprint density at radius 1 is 1.00 bits per heavy atom. The van der Waals surface area contributed by atoms with Crippen molar-refractivity contribution in [3.8, 4) is 5.75 Å². The number of hydrogen-bond acceptors (Lipinski definition) is 2. The van der Waals surface area contributed by atoms with Gasteiger partial charge >= 0.3 is 0 Å². The molecule has 0 amide bonds. The van der Waals surface area contributed by atoms with Gasteiger partial charge in [0.1, 0.15) is 5.75 Å². The molecule has 0 unspecified atom stereocenters. The average Bonchev–Trinajstić information content (AvgIpc) is 2.47. The van der Waals surface area contributed by atoms with Gasteiger partial charge in [-0.1, -0.05) is 48.5 Å². The van der Waals surface area contributed by atoms with Gasteiger partial charge in [-0.3, -0.25) is 0 Å².